The fraction of sp³-hybridized carbons (Fsp3) is 0.267. The first-order valence-electron chi connectivity index (χ1n) is 13.1. The van der Waals surface area contributed by atoms with Crippen molar-refractivity contribution >= 4 is 29.5 Å². The number of urea groups is 1. The highest BCUT2D eigenvalue weighted by Gasteiger charge is 2.41. The molecule has 0 aliphatic carbocycles. The third kappa shape index (κ3) is 7.19. The molecule has 3 N–H and O–H groups in total. The van der Waals surface area contributed by atoms with Crippen LogP contribution >= 0.6 is 0 Å². The quantitative estimate of drug-likeness (QED) is 0.364. The average molecular weight is 581 g/mol. The Morgan fingerprint density at radius 1 is 0.976 bits per heavy atom. The summed E-state index contributed by atoms with van der Waals surface area (Å²) in [6.07, 6.45) is -1.78. The summed E-state index contributed by atoms with van der Waals surface area (Å²) in [5, 5.41) is 14.9. The van der Waals surface area contributed by atoms with E-state index < -0.39 is 54.1 Å². The van der Waals surface area contributed by atoms with Crippen LogP contribution in [0.4, 0.5) is 19.3 Å². The standard InChI is InChI=1S/C30H30F2N4O6/c1-18-6-3-7-19(12-18)25(17-26(37)38)34-27(39)28-35(29(40)20-13-21(31)15-22(32)14-20)10-5-11-36(28)30(41)33-23-8-4-9-24(16-23)42-2/h3-4,6-9,12-16,25,28H,5,10-11,17H2,1-2H3,(H,33,41)(H,34,39)(H,37,38). The molecular weight excluding hydrogens is 550 g/mol. The molecule has 0 bridgehead atoms. The molecule has 2 unspecified atom stereocenters. The van der Waals surface area contributed by atoms with E-state index in [9.17, 15) is 33.1 Å². The van der Waals surface area contributed by atoms with Gasteiger partial charge in [0.15, 0.2) is 6.17 Å². The van der Waals surface area contributed by atoms with Crippen LogP contribution in [-0.4, -0.2) is 65.1 Å². The molecule has 0 saturated carbocycles. The number of carboxylic acid groups (broad SMARTS) is 1. The molecule has 0 aromatic heterocycles. The van der Waals surface area contributed by atoms with Crippen molar-refractivity contribution < 1.29 is 37.8 Å². The number of hydrogen-bond acceptors (Lipinski definition) is 5. The lowest BCUT2D eigenvalue weighted by atomic mass is 10.0. The molecule has 0 spiro atoms. The molecule has 3 aromatic carbocycles. The number of rotatable bonds is 8. The van der Waals surface area contributed by atoms with Crippen LogP contribution in [0.2, 0.25) is 0 Å². The number of aliphatic carboxylic acids is 1. The number of carbonyl (C=O) groups excluding carboxylic acids is 3. The van der Waals surface area contributed by atoms with Crippen molar-refractivity contribution in [3.05, 3.63) is 95.1 Å². The van der Waals surface area contributed by atoms with E-state index in [0.29, 0.717) is 23.1 Å². The van der Waals surface area contributed by atoms with Crippen molar-refractivity contribution in [1.29, 1.82) is 0 Å². The maximum Gasteiger partial charge on any atom is 0.323 e. The van der Waals surface area contributed by atoms with Crippen LogP contribution in [0, 0.1) is 18.6 Å². The van der Waals surface area contributed by atoms with E-state index in [4.69, 9.17) is 4.74 Å². The fourth-order valence-electron chi connectivity index (χ4n) is 4.83. The number of aryl methyl sites for hydroxylation is 1. The van der Waals surface area contributed by atoms with E-state index in [1.807, 2.05) is 13.0 Å². The van der Waals surface area contributed by atoms with E-state index in [2.05, 4.69) is 10.6 Å². The lowest BCUT2D eigenvalue weighted by molar-refractivity contribution is -0.138. The summed E-state index contributed by atoms with van der Waals surface area (Å²) < 4.78 is 33.2. The maximum atomic E-state index is 14.0. The number of hydrogen-bond donors (Lipinski definition) is 3. The van der Waals surface area contributed by atoms with Crippen LogP contribution in [0.1, 0.15) is 40.4 Å². The van der Waals surface area contributed by atoms with Crippen LogP contribution in [0.5, 0.6) is 5.75 Å². The van der Waals surface area contributed by atoms with Crippen molar-refractivity contribution in [1.82, 2.24) is 15.1 Å². The van der Waals surface area contributed by atoms with Gasteiger partial charge in [0, 0.05) is 36.5 Å². The predicted molar refractivity (Wildman–Crippen MR) is 149 cm³/mol. The van der Waals surface area contributed by atoms with Crippen LogP contribution in [0.3, 0.4) is 0 Å². The van der Waals surface area contributed by atoms with Gasteiger partial charge in [0.05, 0.1) is 19.6 Å². The fourth-order valence-corrected chi connectivity index (χ4v) is 4.83. The Labute approximate surface area is 240 Å². The largest absolute Gasteiger partial charge is 0.497 e. The molecule has 3 aromatic rings. The van der Waals surface area contributed by atoms with Crippen molar-refractivity contribution in [3.8, 4) is 5.75 Å². The molecule has 1 heterocycles. The van der Waals surface area contributed by atoms with Crippen LogP contribution < -0.4 is 15.4 Å². The van der Waals surface area contributed by atoms with Gasteiger partial charge in [-0.2, -0.15) is 0 Å². The van der Waals surface area contributed by atoms with Gasteiger partial charge >= 0.3 is 12.0 Å². The van der Waals surface area contributed by atoms with Gasteiger partial charge in [-0.25, -0.2) is 13.6 Å². The highest BCUT2D eigenvalue weighted by molar-refractivity contribution is 6.00. The summed E-state index contributed by atoms with van der Waals surface area (Å²) in [5.41, 5.74) is 1.36. The highest BCUT2D eigenvalue weighted by atomic mass is 19.1. The molecule has 1 aliphatic rings. The van der Waals surface area contributed by atoms with Gasteiger partial charge in [0.1, 0.15) is 17.4 Å². The number of anilines is 1. The number of amides is 4. The molecular formula is C30H30F2N4O6. The van der Waals surface area contributed by atoms with Gasteiger partial charge in [-0.1, -0.05) is 35.9 Å². The number of carbonyl (C=O) groups is 4. The number of nitrogens with zero attached hydrogens (tertiary/aromatic N) is 2. The maximum absolute atomic E-state index is 14.0. The molecule has 4 amide bonds. The summed E-state index contributed by atoms with van der Waals surface area (Å²) in [7, 11) is 1.46. The molecule has 1 saturated heterocycles. The monoisotopic (exact) mass is 580 g/mol. The lowest BCUT2D eigenvalue weighted by Gasteiger charge is -2.43. The Morgan fingerprint density at radius 2 is 1.67 bits per heavy atom. The number of methoxy groups -OCH3 is 1. The van der Waals surface area contributed by atoms with Gasteiger partial charge < -0.3 is 25.4 Å². The number of ether oxygens (including phenoxy) is 1. The van der Waals surface area contributed by atoms with E-state index in [-0.39, 0.29) is 25.1 Å². The van der Waals surface area contributed by atoms with Gasteiger partial charge in [-0.15, -0.1) is 0 Å². The third-order valence-corrected chi connectivity index (χ3v) is 6.71. The smallest absolute Gasteiger partial charge is 0.323 e. The van der Waals surface area contributed by atoms with Crippen molar-refractivity contribution in [2.24, 2.45) is 0 Å². The average Bonchev–Trinajstić information content (AvgIpc) is 2.95. The lowest BCUT2D eigenvalue weighted by Crippen LogP contribution is -2.64. The first-order chi connectivity index (χ1) is 20.0. The second-order valence-electron chi connectivity index (χ2n) is 9.81. The van der Waals surface area contributed by atoms with Crippen molar-refractivity contribution in [3.63, 3.8) is 0 Å². The molecule has 1 fully saturated rings. The second-order valence-corrected chi connectivity index (χ2v) is 9.81. The van der Waals surface area contributed by atoms with Gasteiger partial charge in [-0.05, 0) is 43.2 Å². The molecule has 1 aliphatic heterocycles. The van der Waals surface area contributed by atoms with Gasteiger partial charge in [0.2, 0.25) is 0 Å². The normalized spacial score (nSPS) is 15.5. The molecule has 220 valence electrons. The van der Waals surface area contributed by atoms with Crippen LogP contribution in [0.15, 0.2) is 66.7 Å². The molecule has 2 atom stereocenters. The summed E-state index contributed by atoms with van der Waals surface area (Å²) in [4.78, 5) is 54.9. The van der Waals surface area contributed by atoms with E-state index >= 15 is 0 Å². The first-order valence-corrected chi connectivity index (χ1v) is 13.1. The summed E-state index contributed by atoms with van der Waals surface area (Å²) in [5.74, 6) is -4.39. The SMILES string of the molecule is COc1cccc(NC(=O)N2CCCN(C(=O)c3cc(F)cc(F)c3)C2C(=O)NC(CC(=O)O)c2cccc(C)c2)c1. The van der Waals surface area contributed by atoms with E-state index in [1.165, 1.54) is 7.11 Å². The Balaban J connectivity index is 1.70. The minimum absolute atomic E-state index is 0.00790. The minimum atomic E-state index is -1.57. The van der Waals surface area contributed by atoms with E-state index in [1.54, 1.807) is 42.5 Å². The van der Waals surface area contributed by atoms with Crippen molar-refractivity contribution in [2.75, 3.05) is 25.5 Å². The molecule has 10 nitrogen and oxygen atoms in total. The zero-order chi connectivity index (χ0) is 30.4. The Hall–Kier alpha value is -5.00. The molecule has 42 heavy (non-hydrogen) atoms. The molecule has 0 radical (unpaired) electrons. The molecule has 12 heteroatoms. The Kier molecular flexibility index (Phi) is 9.35. The van der Waals surface area contributed by atoms with Gasteiger partial charge in [-0.3, -0.25) is 19.3 Å². The summed E-state index contributed by atoms with van der Waals surface area (Å²) >= 11 is 0. The summed E-state index contributed by atoms with van der Waals surface area (Å²) in [6, 6.07) is 14.0. The van der Waals surface area contributed by atoms with Gasteiger partial charge in [0.25, 0.3) is 11.8 Å². The van der Waals surface area contributed by atoms with Crippen LogP contribution in [-0.2, 0) is 9.59 Å². The minimum Gasteiger partial charge on any atom is -0.497 e. The predicted octanol–water partition coefficient (Wildman–Crippen LogP) is 4.32. The number of benzene rings is 3. The van der Waals surface area contributed by atoms with E-state index in [0.717, 1.165) is 27.5 Å². The first kappa shape index (κ1) is 30.0. The Bertz CT molecular complexity index is 1480. The number of halogens is 2. The zero-order valence-corrected chi connectivity index (χ0v) is 23.0. The Morgan fingerprint density at radius 3 is 2.33 bits per heavy atom. The topological polar surface area (TPSA) is 128 Å². The van der Waals surface area contributed by atoms with Crippen molar-refractivity contribution in [2.45, 2.75) is 32.0 Å². The number of carboxylic acids is 1. The zero-order valence-electron chi connectivity index (χ0n) is 23.0. The third-order valence-electron chi connectivity index (χ3n) is 6.71. The summed E-state index contributed by atoms with van der Waals surface area (Å²) in [6.45, 7) is 1.86. The second kappa shape index (κ2) is 13.1. The highest BCUT2D eigenvalue weighted by Crippen LogP contribution is 2.25. The number of nitrogens with one attached hydrogen (secondary N) is 2. The molecule has 4 rings (SSSR count). The van der Waals surface area contributed by atoms with Crippen LogP contribution in [0.25, 0.3) is 0 Å².